The van der Waals surface area contributed by atoms with E-state index in [4.69, 9.17) is 14.2 Å². The fourth-order valence-corrected chi connectivity index (χ4v) is 5.83. The quantitative estimate of drug-likeness (QED) is 0.0203. The minimum Gasteiger partial charge on any atom is -0.462 e. The second-order valence-corrected chi connectivity index (χ2v) is 14.7. The number of carbonyl (C=O) groups excluding carboxylic acids is 3. The summed E-state index contributed by atoms with van der Waals surface area (Å²) in [5.41, 5.74) is 0. The third-order valence-corrected chi connectivity index (χ3v) is 9.21. The topological polar surface area (TPSA) is 78.9 Å². The third-order valence-electron chi connectivity index (χ3n) is 9.21. The number of hydrogen-bond donors (Lipinski definition) is 0. The van der Waals surface area contributed by atoms with Gasteiger partial charge < -0.3 is 14.2 Å². The second-order valence-electron chi connectivity index (χ2n) is 14.7. The van der Waals surface area contributed by atoms with Crippen LogP contribution in [0.15, 0.2) is 97.2 Å². The van der Waals surface area contributed by atoms with Crippen molar-refractivity contribution in [2.45, 2.75) is 194 Å². The number of rotatable bonds is 39. The lowest BCUT2D eigenvalue weighted by Crippen LogP contribution is -2.30. The Morgan fingerprint density at radius 1 is 0.386 bits per heavy atom. The van der Waals surface area contributed by atoms with Gasteiger partial charge in [0.2, 0.25) is 0 Å². The van der Waals surface area contributed by atoms with Crippen LogP contribution in [-0.2, 0) is 28.6 Å². The molecule has 0 fully saturated rings. The highest BCUT2D eigenvalue weighted by Gasteiger charge is 2.19. The highest BCUT2D eigenvalue weighted by Crippen LogP contribution is 2.13. The molecule has 0 aromatic carbocycles. The van der Waals surface area contributed by atoms with Crippen molar-refractivity contribution in [3.8, 4) is 0 Å². The molecule has 0 saturated carbocycles. The summed E-state index contributed by atoms with van der Waals surface area (Å²) in [7, 11) is 0. The van der Waals surface area contributed by atoms with Gasteiger partial charge in [0.05, 0.1) is 0 Å². The van der Waals surface area contributed by atoms with Crippen LogP contribution < -0.4 is 0 Å². The summed E-state index contributed by atoms with van der Waals surface area (Å²) in [6.45, 7) is 6.28. The van der Waals surface area contributed by atoms with Crippen molar-refractivity contribution < 1.29 is 28.6 Å². The van der Waals surface area contributed by atoms with Crippen molar-refractivity contribution in [3.05, 3.63) is 97.2 Å². The lowest BCUT2D eigenvalue weighted by Gasteiger charge is -2.18. The Morgan fingerprint density at radius 2 is 0.772 bits per heavy atom. The first-order valence-electron chi connectivity index (χ1n) is 22.8. The van der Waals surface area contributed by atoms with E-state index in [2.05, 4.69) is 69.4 Å². The summed E-state index contributed by atoms with van der Waals surface area (Å²) >= 11 is 0. The molecule has 1 atom stereocenters. The molecule has 0 rings (SSSR count). The molecule has 0 aliphatic heterocycles. The number of esters is 3. The number of hydrogen-bond acceptors (Lipinski definition) is 6. The summed E-state index contributed by atoms with van der Waals surface area (Å²) < 4.78 is 16.6. The maximum Gasteiger partial charge on any atom is 0.306 e. The van der Waals surface area contributed by atoms with Gasteiger partial charge in [0.1, 0.15) is 13.2 Å². The van der Waals surface area contributed by atoms with Gasteiger partial charge in [-0.15, -0.1) is 0 Å². The summed E-state index contributed by atoms with van der Waals surface area (Å²) in [6.07, 6.45) is 58.1. The van der Waals surface area contributed by atoms with E-state index >= 15 is 0 Å². The minimum atomic E-state index is -0.804. The Kier molecular flexibility index (Phi) is 42.1. The van der Waals surface area contributed by atoms with E-state index < -0.39 is 6.10 Å². The van der Waals surface area contributed by atoms with Crippen LogP contribution in [0.3, 0.4) is 0 Å². The Morgan fingerprint density at radius 3 is 1.30 bits per heavy atom. The number of ether oxygens (including phenoxy) is 3. The molecule has 0 N–H and O–H groups in total. The van der Waals surface area contributed by atoms with Gasteiger partial charge in [-0.2, -0.15) is 0 Å². The third kappa shape index (κ3) is 43.3. The molecule has 57 heavy (non-hydrogen) atoms. The molecule has 0 spiro atoms. The molecule has 0 amide bonds. The molecule has 322 valence electrons. The van der Waals surface area contributed by atoms with Crippen molar-refractivity contribution in [3.63, 3.8) is 0 Å². The van der Waals surface area contributed by atoms with Gasteiger partial charge >= 0.3 is 17.9 Å². The molecule has 0 aromatic rings. The molecule has 0 aromatic heterocycles. The SMILES string of the molecule is CC\C=C/C=C\C=C/C=C\C=C/CCCCCC(=O)OCC(COC(=O)CCCCCCCCCCCC)OC(=O)CCCCCC/C=C\C/C=C\C/C=C\CC. The zero-order chi connectivity index (χ0) is 41.5. The molecular weight excluding hydrogens is 709 g/mol. The zero-order valence-corrected chi connectivity index (χ0v) is 36.6. The maximum atomic E-state index is 12.7. The Hall–Kier alpha value is -3.67. The van der Waals surface area contributed by atoms with E-state index in [0.29, 0.717) is 19.3 Å². The summed E-state index contributed by atoms with van der Waals surface area (Å²) in [5, 5.41) is 0. The van der Waals surface area contributed by atoms with E-state index in [1.165, 1.54) is 44.9 Å². The maximum absolute atomic E-state index is 12.7. The van der Waals surface area contributed by atoms with Crippen LogP contribution in [0.2, 0.25) is 0 Å². The summed E-state index contributed by atoms with van der Waals surface area (Å²) in [4.78, 5) is 37.7. The highest BCUT2D eigenvalue weighted by molar-refractivity contribution is 5.71. The number of carbonyl (C=O) groups is 3. The van der Waals surface area contributed by atoms with E-state index in [1.807, 2.05) is 48.6 Å². The van der Waals surface area contributed by atoms with Gasteiger partial charge in [-0.05, 0) is 70.6 Å². The van der Waals surface area contributed by atoms with E-state index in [-0.39, 0.29) is 31.1 Å². The van der Waals surface area contributed by atoms with Crippen molar-refractivity contribution in [1.82, 2.24) is 0 Å². The molecule has 6 nitrogen and oxygen atoms in total. The molecule has 0 heterocycles. The van der Waals surface area contributed by atoms with Crippen molar-refractivity contribution >= 4 is 17.9 Å². The van der Waals surface area contributed by atoms with Crippen molar-refractivity contribution in [1.29, 1.82) is 0 Å². The van der Waals surface area contributed by atoms with E-state index in [0.717, 1.165) is 103 Å². The van der Waals surface area contributed by atoms with Crippen molar-refractivity contribution in [2.75, 3.05) is 13.2 Å². The minimum absolute atomic E-state index is 0.101. The average molecular weight is 791 g/mol. The molecule has 0 saturated heterocycles. The normalized spacial score (nSPS) is 13.0. The molecule has 1 unspecified atom stereocenters. The van der Waals surface area contributed by atoms with Crippen LogP contribution in [0, 0.1) is 0 Å². The Labute approximate surface area is 349 Å². The molecule has 0 radical (unpaired) electrons. The monoisotopic (exact) mass is 791 g/mol. The molecular formula is C51H82O6. The van der Waals surface area contributed by atoms with E-state index in [1.54, 1.807) is 0 Å². The first-order chi connectivity index (χ1) is 28.0. The largest absolute Gasteiger partial charge is 0.462 e. The van der Waals surface area contributed by atoms with Crippen LogP contribution in [0.1, 0.15) is 188 Å². The molecule has 0 aliphatic rings. The van der Waals surface area contributed by atoms with Gasteiger partial charge in [-0.25, -0.2) is 0 Å². The Balaban J connectivity index is 4.52. The lowest BCUT2D eigenvalue weighted by atomic mass is 10.1. The average Bonchev–Trinajstić information content (AvgIpc) is 3.21. The van der Waals surface area contributed by atoms with Gasteiger partial charge in [-0.1, -0.05) is 195 Å². The molecule has 6 heteroatoms. The van der Waals surface area contributed by atoms with Crippen LogP contribution in [0.25, 0.3) is 0 Å². The fraction of sp³-hybridized carbons (Fsp3) is 0.627. The Bertz CT molecular complexity index is 1180. The number of allylic oxidation sites excluding steroid dienone is 16. The second kappa shape index (κ2) is 45.0. The fourth-order valence-electron chi connectivity index (χ4n) is 5.83. The smallest absolute Gasteiger partial charge is 0.306 e. The first-order valence-corrected chi connectivity index (χ1v) is 22.8. The van der Waals surface area contributed by atoms with Crippen LogP contribution in [0.4, 0.5) is 0 Å². The van der Waals surface area contributed by atoms with Gasteiger partial charge in [0.25, 0.3) is 0 Å². The van der Waals surface area contributed by atoms with Crippen LogP contribution in [-0.4, -0.2) is 37.2 Å². The summed E-state index contributed by atoms with van der Waals surface area (Å²) in [5.74, 6) is -0.978. The van der Waals surface area contributed by atoms with Crippen LogP contribution >= 0.6 is 0 Å². The van der Waals surface area contributed by atoms with Gasteiger partial charge in [-0.3, -0.25) is 14.4 Å². The molecule has 0 aliphatic carbocycles. The highest BCUT2D eigenvalue weighted by atomic mass is 16.6. The summed E-state index contributed by atoms with van der Waals surface area (Å²) in [6, 6.07) is 0. The van der Waals surface area contributed by atoms with E-state index in [9.17, 15) is 14.4 Å². The van der Waals surface area contributed by atoms with Crippen LogP contribution in [0.5, 0.6) is 0 Å². The first kappa shape index (κ1) is 53.3. The van der Waals surface area contributed by atoms with Gasteiger partial charge in [0.15, 0.2) is 6.10 Å². The predicted octanol–water partition coefficient (Wildman–Crippen LogP) is 14.6. The predicted molar refractivity (Wildman–Crippen MR) is 242 cm³/mol. The van der Waals surface area contributed by atoms with Gasteiger partial charge in [0, 0.05) is 19.3 Å². The lowest BCUT2D eigenvalue weighted by molar-refractivity contribution is -0.167. The zero-order valence-electron chi connectivity index (χ0n) is 36.6. The number of unbranched alkanes of at least 4 members (excludes halogenated alkanes) is 16. The molecule has 0 bridgehead atoms. The standard InChI is InChI=1S/C51H82O6/c1-4-7-10-13-16-19-22-24-26-28-29-32-35-38-41-44-50(53)56-47-48(46-55-49(52)43-40-37-34-31-21-18-15-12-9-6-3)57-51(54)45-42-39-36-33-30-27-25-23-20-17-14-11-8-5-2/h7-8,10-11,13,16-17,19-20,22,24-29,48H,4-6,9,12,14-15,18,21,23,30-47H2,1-3H3/b10-7-,11-8-,16-13-,20-17-,22-19-,26-24-,27-25-,29-28-. The van der Waals surface area contributed by atoms with Crippen molar-refractivity contribution in [2.24, 2.45) is 0 Å².